The summed E-state index contributed by atoms with van der Waals surface area (Å²) in [6.07, 6.45) is -4.58. The molecular weight excluding hydrogens is 345 g/mol. The van der Waals surface area contributed by atoms with Crippen LogP contribution in [0.2, 0.25) is 0 Å². The molecule has 21 heavy (non-hydrogen) atoms. The van der Waals surface area contributed by atoms with Gasteiger partial charge in [-0.3, -0.25) is 4.79 Å². The third-order valence-corrected chi connectivity index (χ3v) is 3.87. The summed E-state index contributed by atoms with van der Waals surface area (Å²) in [6.45, 7) is 3.55. The second-order valence-corrected chi connectivity index (χ2v) is 5.68. The van der Waals surface area contributed by atoms with E-state index in [0.717, 1.165) is 11.6 Å². The van der Waals surface area contributed by atoms with Crippen LogP contribution in [0, 0.1) is 13.8 Å². The molecular formula is C16H12BrF3O. The van der Waals surface area contributed by atoms with E-state index in [0.29, 0.717) is 11.1 Å². The normalized spacial score (nSPS) is 11.5. The molecule has 0 aliphatic heterocycles. The highest BCUT2D eigenvalue weighted by molar-refractivity contribution is 9.10. The molecule has 0 aliphatic carbocycles. The topological polar surface area (TPSA) is 17.1 Å². The summed E-state index contributed by atoms with van der Waals surface area (Å²) in [7, 11) is 0. The quantitative estimate of drug-likeness (QED) is 0.666. The Morgan fingerprint density at radius 1 is 1.05 bits per heavy atom. The number of hydrogen-bond acceptors (Lipinski definition) is 1. The third-order valence-electron chi connectivity index (χ3n) is 3.38. The van der Waals surface area contributed by atoms with Gasteiger partial charge in [-0.05, 0) is 43.2 Å². The van der Waals surface area contributed by atoms with Crippen LogP contribution in [0.4, 0.5) is 13.2 Å². The minimum atomic E-state index is -4.58. The molecule has 0 aliphatic rings. The molecule has 0 aromatic heterocycles. The van der Waals surface area contributed by atoms with E-state index in [1.54, 1.807) is 19.1 Å². The number of benzene rings is 2. The molecule has 0 fully saturated rings. The minimum absolute atomic E-state index is 0.285. The van der Waals surface area contributed by atoms with Crippen molar-refractivity contribution in [2.24, 2.45) is 0 Å². The van der Waals surface area contributed by atoms with E-state index >= 15 is 0 Å². The van der Waals surface area contributed by atoms with Gasteiger partial charge in [0.2, 0.25) is 0 Å². The first-order valence-electron chi connectivity index (χ1n) is 6.19. The maximum Gasteiger partial charge on any atom is 0.417 e. The zero-order valence-electron chi connectivity index (χ0n) is 11.4. The van der Waals surface area contributed by atoms with Crippen LogP contribution < -0.4 is 0 Å². The lowest BCUT2D eigenvalue weighted by Crippen LogP contribution is -2.14. The summed E-state index contributed by atoms with van der Waals surface area (Å²) in [6, 6.07) is 8.61. The predicted molar refractivity (Wildman–Crippen MR) is 78.5 cm³/mol. The Hall–Kier alpha value is -1.62. The second kappa shape index (κ2) is 5.64. The van der Waals surface area contributed by atoms with Gasteiger partial charge >= 0.3 is 6.18 Å². The Morgan fingerprint density at radius 2 is 1.71 bits per heavy atom. The highest BCUT2D eigenvalue weighted by Gasteiger charge is 2.35. The molecule has 1 nitrogen and oxygen atoms in total. The van der Waals surface area contributed by atoms with Crippen molar-refractivity contribution in [2.45, 2.75) is 20.0 Å². The van der Waals surface area contributed by atoms with Gasteiger partial charge in [0.15, 0.2) is 5.78 Å². The molecule has 0 N–H and O–H groups in total. The summed E-state index contributed by atoms with van der Waals surface area (Å²) in [4.78, 5) is 12.5. The lowest BCUT2D eigenvalue weighted by molar-refractivity contribution is -0.137. The standard InChI is InChI=1S/C16H12BrF3O/c1-9-4-3-5-12(10(9)2)15(21)13-7-6-11(17)8-14(13)16(18,19)20/h3-8H,1-2H3. The van der Waals surface area contributed by atoms with Crippen LogP contribution in [-0.4, -0.2) is 5.78 Å². The number of carbonyl (C=O) groups excluding carboxylic acids is 1. The van der Waals surface area contributed by atoms with E-state index in [4.69, 9.17) is 0 Å². The van der Waals surface area contributed by atoms with Crippen molar-refractivity contribution in [2.75, 3.05) is 0 Å². The summed E-state index contributed by atoms with van der Waals surface area (Å²) < 4.78 is 39.6. The number of rotatable bonds is 2. The zero-order valence-corrected chi connectivity index (χ0v) is 13.0. The molecule has 110 valence electrons. The summed E-state index contributed by atoms with van der Waals surface area (Å²) >= 11 is 3.01. The van der Waals surface area contributed by atoms with E-state index in [2.05, 4.69) is 15.9 Å². The smallest absolute Gasteiger partial charge is 0.289 e. The minimum Gasteiger partial charge on any atom is -0.289 e. The Labute approximate surface area is 128 Å². The molecule has 0 radical (unpaired) electrons. The Balaban J connectivity index is 2.62. The molecule has 0 saturated carbocycles. The molecule has 2 aromatic rings. The average Bonchev–Trinajstić information content (AvgIpc) is 2.40. The van der Waals surface area contributed by atoms with Crippen LogP contribution in [0.1, 0.15) is 32.6 Å². The number of ketones is 1. The molecule has 0 saturated heterocycles. The van der Waals surface area contributed by atoms with Gasteiger partial charge in [0.1, 0.15) is 0 Å². The number of halogens is 4. The van der Waals surface area contributed by atoms with Crippen LogP contribution in [0.25, 0.3) is 0 Å². The number of hydrogen-bond donors (Lipinski definition) is 0. The number of alkyl halides is 3. The first-order chi connectivity index (χ1) is 9.71. The molecule has 2 rings (SSSR count). The van der Waals surface area contributed by atoms with Crippen molar-refractivity contribution >= 4 is 21.7 Å². The van der Waals surface area contributed by atoms with E-state index in [9.17, 15) is 18.0 Å². The van der Waals surface area contributed by atoms with Crippen molar-refractivity contribution < 1.29 is 18.0 Å². The Kier molecular flexibility index (Phi) is 4.23. The van der Waals surface area contributed by atoms with Gasteiger partial charge in [0.25, 0.3) is 0 Å². The van der Waals surface area contributed by atoms with Crippen LogP contribution >= 0.6 is 15.9 Å². The highest BCUT2D eigenvalue weighted by atomic mass is 79.9. The monoisotopic (exact) mass is 356 g/mol. The summed E-state index contributed by atoms with van der Waals surface area (Å²) in [5, 5.41) is 0. The van der Waals surface area contributed by atoms with E-state index < -0.39 is 17.5 Å². The maximum absolute atomic E-state index is 13.1. The Morgan fingerprint density at radius 3 is 2.33 bits per heavy atom. The van der Waals surface area contributed by atoms with Crippen LogP contribution in [0.15, 0.2) is 40.9 Å². The highest BCUT2D eigenvalue weighted by Crippen LogP contribution is 2.35. The molecule has 5 heteroatoms. The van der Waals surface area contributed by atoms with Crippen molar-refractivity contribution in [1.82, 2.24) is 0 Å². The molecule has 0 unspecified atom stereocenters. The van der Waals surface area contributed by atoms with Crippen LogP contribution in [0.5, 0.6) is 0 Å². The SMILES string of the molecule is Cc1cccc(C(=O)c2ccc(Br)cc2C(F)(F)F)c1C. The van der Waals surface area contributed by atoms with E-state index in [1.165, 1.54) is 12.1 Å². The van der Waals surface area contributed by atoms with Gasteiger partial charge in [-0.25, -0.2) is 0 Å². The number of carbonyl (C=O) groups is 1. The summed E-state index contributed by atoms with van der Waals surface area (Å²) in [5.74, 6) is -0.615. The second-order valence-electron chi connectivity index (χ2n) is 4.76. The predicted octanol–water partition coefficient (Wildman–Crippen LogP) is 5.32. The molecule has 0 bridgehead atoms. The molecule has 0 heterocycles. The fourth-order valence-corrected chi connectivity index (χ4v) is 2.45. The third kappa shape index (κ3) is 3.18. The van der Waals surface area contributed by atoms with Gasteiger partial charge in [0, 0.05) is 15.6 Å². The van der Waals surface area contributed by atoms with Crippen molar-refractivity contribution in [1.29, 1.82) is 0 Å². The maximum atomic E-state index is 13.1. The number of aryl methyl sites for hydroxylation is 1. The molecule has 0 spiro atoms. The fraction of sp³-hybridized carbons (Fsp3) is 0.188. The lowest BCUT2D eigenvalue weighted by Gasteiger charge is -2.14. The molecule has 2 aromatic carbocycles. The first kappa shape index (κ1) is 15.8. The van der Waals surface area contributed by atoms with Gasteiger partial charge in [0.05, 0.1) is 5.56 Å². The van der Waals surface area contributed by atoms with Gasteiger partial charge < -0.3 is 0 Å². The zero-order chi connectivity index (χ0) is 15.8. The van der Waals surface area contributed by atoms with Crippen molar-refractivity contribution in [3.05, 3.63) is 68.7 Å². The fourth-order valence-electron chi connectivity index (χ4n) is 2.09. The van der Waals surface area contributed by atoms with Crippen molar-refractivity contribution in [3.8, 4) is 0 Å². The van der Waals surface area contributed by atoms with Crippen LogP contribution in [-0.2, 0) is 6.18 Å². The lowest BCUT2D eigenvalue weighted by atomic mass is 9.93. The van der Waals surface area contributed by atoms with Gasteiger partial charge in [-0.1, -0.05) is 34.1 Å². The first-order valence-corrected chi connectivity index (χ1v) is 6.99. The average molecular weight is 357 g/mol. The van der Waals surface area contributed by atoms with Crippen LogP contribution in [0.3, 0.4) is 0 Å². The summed E-state index contributed by atoms with van der Waals surface area (Å²) in [5.41, 5.74) is 0.593. The molecule has 0 amide bonds. The van der Waals surface area contributed by atoms with E-state index in [-0.39, 0.29) is 10.0 Å². The van der Waals surface area contributed by atoms with E-state index in [1.807, 2.05) is 13.0 Å². The van der Waals surface area contributed by atoms with Crippen molar-refractivity contribution in [3.63, 3.8) is 0 Å². The van der Waals surface area contributed by atoms with Gasteiger partial charge in [-0.2, -0.15) is 13.2 Å². The largest absolute Gasteiger partial charge is 0.417 e. The molecule has 0 atom stereocenters. The van der Waals surface area contributed by atoms with Gasteiger partial charge in [-0.15, -0.1) is 0 Å². The Bertz CT molecular complexity index is 705.